The van der Waals surface area contributed by atoms with Gasteiger partial charge in [0, 0.05) is 6.20 Å². The Morgan fingerprint density at radius 3 is 2.35 bits per heavy atom. The van der Waals surface area contributed by atoms with Crippen LogP contribution < -0.4 is 5.43 Å². The quantitative estimate of drug-likeness (QED) is 0.306. The molecule has 0 aliphatic rings. The third-order valence-electron chi connectivity index (χ3n) is 4.94. The number of hydrogen-bond donors (Lipinski definition) is 0. The molecule has 6 nitrogen and oxygen atoms in total. The molecule has 0 amide bonds. The Bertz CT molecular complexity index is 1030. The maximum atomic E-state index is 13.1. The van der Waals surface area contributed by atoms with Gasteiger partial charge in [-0.2, -0.15) is 0 Å². The van der Waals surface area contributed by atoms with Crippen molar-refractivity contribution in [2.24, 2.45) is 5.92 Å². The van der Waals surface area contributed by atoms with Crippen molar-refractivity contribution in [2.45, 2.75) is 72.1 Å². The number of pyridine rings is 2. The van der Waals surface area contributed by atoms with Crippen LogP contribution in [0, 0.1) is 5.92 Å². The van der Waals surface area contributed by atoms with E-state index in [0.29, 0.717) is 5.52 Å². The van der Waals surface area contributed by atoms with Crippen molar-refractivity contribution in [3.05, 3.63) is 38.2 Å². The zero-order chi connectivity index (χ0) is 23.7. The van der Waals surface area contributed by atoms with Gasteiger partial charge in [-0.05, 0) is 37.8 Å². The van der Waals surface area contributed by atoms with Gasteiger partial charge in [0.25, 0.3) is 0 Å². The molecule has 31 heavy (non-hydrogen) atoms. The van der Waals surface area contributed by atoms with Crippen LogP contribution in [0.5, 0.6) is 0 Å². The van der Waals surface area contributed by atoms with Crippen molar-refractivity contribution in [3.8, 4) is 0 Å². The number of carbonyl (C=O) groups excluding carboxylic acids is 1. The topological polar surface area (TPSA) is 70.4 Å². The highest BCUT2D eigenvalue weighted by Gasteiger charge is 2.36. The van der Waals surface area contributed by atoms with Crippen molar-refractivity contribution in [2.75, 3.05) is 6.61 Å². The molecule has 0 aliphatic carbocycles. The lowest BCUT2D eigenvalue weighted by Crippen LogP contribution is -2.42. The Labute approximate surface area is 196 Å². The molecular formula is C22H32Cl2N2O4Si. The molecule has 0 spiro atoms. The average Bonchev–Trinajstić information content (AvgIpc) is 2.63. The largest absolute Gasteiger partial charge is 0.462 e. The molecule has 0 saturated carbocycles. The molecule has 2 rings (SSSR count). The minimum Gasteiger partial charge on any atom is -0.462 e. The van der Waals surface area contributed by atoms with Crippen LogP contribution in [0.2, 0.25) is 15.2 Å². The zero-order valence-corrected chi connectivity index (χ0v) is 22.4. The average molecular weight is 488 g/mol. The highest BCUT2D eigenvalue weighted by atomic mass is 35.5. The zero-order valence-electron chi connectivity index (χ0n) is 19.5. The predicted molar refractivity (Wildman–Crippen MR) is 129 cm³/mol. The highest BCUT2D eigenvalue weighted by Crippen LogP contribution is 2.37. The third kappa shape index (κ3) is 5.89. The molecule has 172 valence electrons. The molecule has 0 radical (unpaired) electrons. The molecule has 0 bridgehead atoms. The van der Waals surface area contributed by atoms with Crippen LogP contribution in [0.15, 0.2) is 17.1 Å². The molecule has 0 unspecified atom stereocenters. The molecule has 0 N–H and O–H groups in total. The van der Waals surface area contributed by atoms with Gasteiger partial charge in [0.1, 0.15) is 16.2 Å². The summed E-state index contributed by atoms with van der Waals surface area (Å²) >= 11 is 12.4. The summed E-state index contributed by atoms with van der Waals surface area (Å²) in [7, 11) is -0.871. The van der Waals surface area contributed by atoms with E-state index in [0.717, 1.165) is 0 Å². The summed E-state index contributed by atoms with van der Waals surface area (Å²) in [5.41, 5.74) is -0.619. The van der Waals surface area contributed by atoms with Crippen LogP contribution in [0.1, 0.15) is 71.8 Å². The number of esters is 1. The first-order valence-corrected chi connectivity index (χ1v) is 12.5. The number of hydrogen-bond acceptors (Lipinski definition) is 5. The fourth-order valence-corrected chi connectivity index (χ4v) is 5.01. The van der Waals surface area contributed by atoms with Gasteiger partial charge in [-0.15, -0.1) is 0 Å². The number of aromatic nitrogens is 2. The molecule has 0 aromatic carbocycles. The van der Waals surface area contributed by atoms with Gasteiger partial charge in [-0.1, -0.05) is 57.8 Å². The van der Waals surface area contributed by atoms with Crippen molar-refractivity contribution in [3.63, 3.8) is 0 Å². The van der Waals surface area contributed by atoms with E-state index in [4.69, 9.17) is 32.4 Å². The molecule has 2 heterocycles. The molecular weight excluding hydrogens is 455 g/mol. The van der Waals surface area contributed by atoms with Crippen molar-refractivity contribution >= 4 is 50.0 Å². The summed E-state index contributed by atoms with van der Waals surface area (Å²) in [5.74, 6) is -0.583. The number of halogens is 2. The number of nitrogens with zero attached hydrogens (tertiary/aromatic N) is 2. The summed E-state index contributed by atoms with van der Waals surface area (Å²) in [5, 5.41) is 0.353. The van der Waals surface area contributed by atoms with Gasteiger partial charge >= 0.3 is 5.97 Å². The lowest BCUT2D eigenvalue weighted by Gasteiger charge is -2.41. The standard InChI is InChI=1S/C22H32Cl2N2O4Si/c1-9-29-20(28)13-11-26(15-10-14(23)19(24)25-16(15)17(13)27)18(12(2)3)22(7,8)30-31-21(4,5)6/h10-12,18H,9,31H2,1-8H3/t18-/m0/s1. The first-order chi connectivity index (χ1) is 14.2. The minimum absolute atomic E-state index is 0.00979. The Hall–Kier alpha value is -1.41. The van der Waals surface area contributed by atoms with E-state index >= 15 is 0 Å². The second kappa shape index (κ2) is 9.61. The van der Waals surface area contributed by atoms with E-state index in [2.05, 4.69) is 39.6 Å². The lowest BCUT2D eigenvalue weighted by atomic mass is 9.88. The van der Waals surface area contributed by atoms with Gasteiger partial charge < -0.3 is 13.7 Å². The van der Waals surface area contributed by atoms with Gasteiger partial charge in [-0.25, -0.2) is 9.78 Å². The Kier molecular flexibility index (Phi) is 8.01. The Morgan fingerprint density at radius 2 is 1.84 bits per heavy atom. The summed E-state index contributed by atoms with van der Waals surface area (Å²) in [6, 6.07) is 1.41. The number of rotatable bonds is 7. The van der Waals surface area contributed by atoms with Crippen molar-refractivity contribution < 1.29 is 14.0 Å². The fourth-order valence-electron chi connectivity index (χ4n) is 3.75. The smallest absolute Gasteiger partial charge is 0.343 e. The van der Waals surface area contributed by atoms with Gasteiger partial charge in [0.15, 0.2) is 9.76 Å². The number of fused-ring (bicyclic) bond motifs is 1. The molecule has 1 atom stereocenters. The Morgan fingerprint density at radius 1 is 1.23 bits per heavy atom. The van der Waals surface area contributed by atoms with Crippen LogP contribution in [-0.2, 0) is 9.16 Å². The van der Waals surface area contributed by atoms with Crippen LogP contribution >= 0.6 is 23.2 Å². The molecule has 2 aromatic rings. The van der Waals surface area contributed by atoms with Crippen molar-refractivity contribution in [1.82, 2.24) is 9.55 Å². The summed E-state index contributed by atoms with van der Waals surface area (Å²) in [6.45, 7) is 16.6. The number of carbonyl (C=O) groups is 1. The minimum atomic E-state index is -0.871. The van der Waals surface area contributed by atoms with Gasteiger partial charge in [0.05, 0.1) is 28.8 Å². The first kappa shape index (κ1) is 25.8. The van der Waals surface area contributed by atoms with Crippen LogP contribution in [0.4, 0.5) is 0 Å². The van der Waals surface area contributed by atoms with E-state index in [-0.39, 0.29) is 44.9 Å². The molecule has 0 saturated heterocycles. The summed E-state index contributed by atoms with van der Waals surface area (Å²) in [6.07, 6.45) is 1.54. The highest BCUT2D eigenvalue weighted by molar-refractivity contribution is 6.41. The van der Waals surface area contributed by atoms with E-state index in [1.54, 1.807) is 19.2 Å². The van der Waals surface area contributed by atoms with E-state index in [1.807, 2.05) is 18.4 Å². The molecule has 0 fully saturated rings. The van der Waals surface area contributed by atoms with Gasteiger partial charge in [0.2, 0.25) is 5.43 Å². The second-order valence-corrected chi connectivity index (χ2v) is 13.2. The summed E-state index contributed by atoms with van der Waals surface area (Å²) < 4.78 is 13.5. The monoisotopic (exact) mass is 486 g/mol. The normalized spacial score (nSPS) is 14.0. The van der Waals surface area contributed by atoms with E-state index in [9.17, 15) is 9.59 Å². The SMILES string of the molecule is CCOC(=O)c1cn([C@@H](C(C)C)C(C)(C)O[SiH2]C(C)(C)C)c2cc(Cl)c(Cl)nc2c1=O. The maximum absolute atomic E-state index is 13.1. The van der Waals surface area contributed by atoms with Crippen LogP contribution in [0.25, 0.3) is 11.0 Å². The van der Waals surface area contributed by atoms with Gasteiger partial charge in [-0.3, -0.25) is 4.79 Å². The summed E-state index contributed by atoms with van der Waals surface area (Å²) in [4.78, 5) is 29.8. The molecule has 2 aromatic heterocycles. The van der Waals surface area contributed by atoms with Crippen LogP contribution in [0.3, 0.4) is 0 Å². The predicted octanol–water partition coefficient (Wildman–Crippen LogP) is 5.17. The number of ether oxygens (including phenoxy) is 1. The Balaban J connectivity index is 2.82. The van der Waals surface area contributed by atoms with Crippen molar-refractivity contribution in [1.29, 1.82) is 0 Å². The van der Waals surface area contributed by atoms with E-state index < -0.39 is 26.8 Å². The second-order valence-electron chi connectivity index (χ2n) is 9.77. The molecule has 0 aliphatic heterocycles. The lowest BCUT2D eigenvalue weighted by molar-refractivity contribution is 0.0287. The van der Waals surface area contributed by atoms with E-state index in [1.165, 1.54) is 0 Å². The fraction of sp³-hybridized carbons (Fsp3) is 0.591. The third-order valence-corrected chi connectivity index (χ3v) is 7.36. The molecule has 9 heteroatoms. The maximum Gasteiger partial charge on any atom is 0.343 e. The first-order valence-electron chi connectivity index (χ1n) is 10.4. The van der Waals surface area contributed by atoms with Crippen LogP contribution in [-0.4, -0.2) is 37.5 Å².